The lowest BCUT2D eigenvalue weighted by Gasteiger charge is -2.22. The van der Waals surface area contributed by atoms with E-state index in [0.717, 1.165) is 64.2 Å². The predicted molar refractivity (Wildman–Crippen MR) is 264 cm³/mol. The molecule has 0 aromatic heterocycles. The minimum atomic E-state index is -0.674. The molecule has 0 aliphatic rings. The first kappa shape index (κ1) is 59.3. The zero-order valence-electron chi connectivity index (χ0n) is 40.9. The molecule has 3 N–H and O–H groups in total. The Morgan fingerprint density at radius 1 is 0.459 bits per heavy atom. The van der Waals surface area contributed by atoms with Gasteiger partial charge in [-0.05, 0) is 57.8 Å². The minimum absolute atomic E-state index is 0.0129. The van der Waals surface area contributed by atoms with Crippen molar-refractivity contribution in [2.75, 3.05) is 13.2 Å². The van der Waals surface area contributed by atoms with E-state index < -0.39 is 12.1 Å². The molecule has 0 saturated heterocycles. The molecule has 0 heterocycles. The van der Waals surface area contributed by atoms with E-state index in [0.29, 0.717) is 25.9 Å². The third-order valence-electron chi connectivity index (χ3n) is 12.5. The van der Waals surface area contributed by atoms with Gasteiger partial charge in [-0.3, -0.25) is 9.59 Å². The molecule has 0 aliphatic heterocycles. The molecule has 0 aromatic carbocycles. The summed E-state index contributed by atoms with van der Waals surface area (Å²) in [5, 5.41) is 23.2. The van der Waals surface area contributed by atoms with E-state index in [1.165, 1.54) is 193 Å². The second-order valence-electron chi connectivity index (χ2n) is 18.6. The van der Waals surface area contributed by atoms with E-state index in [9.17, 15) is 19.8 Å². The Bertz CT molecular complexity index is 951. The van der Waals surface area contributed by atoms with Crippen molar-refractivity contribution < 1.29 is 24.5 Å². The van der Waals surface area contributed by atoms with Crippen molar-refractivity contribution in [2.45, 2.75) is 302 Å². The third-order valence-corrected chi connectivity index (χ3v) is 12.5. The lowest BCUT2D eigenvalue weighted by molar-refractivity contribution is -0.143. The largest absolute Gasteiger partial charge is 0.466 e. The van der Waals surface area contributed by atoms with Gasteiger partial charge >= 0.3 is 5.97 Å². The monoisotopic (exact) mass is 860 g/mol. The first-order valence-corrected chi connectivity index (χ1v) is 27.1. The summed E-state index contributed by atoms with van der Waals surface area (Å²) in [5.41, 5.74) is 0. The van der Waals surface area contributed by atoms with Gasteiger partial charge in [0, 0.05) is 12.8 Å². The highest BCUT2D eigenvalue weighted by Gasteiger charge is 2.20. The number of amides is 1. The number of hydrogen-bond donors (Lipinski definition) is 3. The van der Waals surface area contributed by atoms with E-state index in [2.05, 4.69) is 43.5 Å². The Kier molecular flexibility index (Phi) is 49.6. The number of aliphatic hydroxyl groups excluding tert-OH is 2. The first-order valence-electron chi connectivity index (χ1n) is 27.1. The van der Waals surface area contributed by atoms with Gasteiger partial charge in [0.05, 0.1) is 25.4 Å². The van der Waals surface area contributed by atoms with Crippen LogP contribution in [0.15, 0.2) is 24.3 Å². The molecule has 0 spiro atoms. The average Bonchev–Trinajstić information content (AvgIpc) is 3.26. The smallest absolute Gasteiger partial charge is 0.305 e. The fourth-order valence-electron chi connectivity index (χ4n) is 8.32. The minimum Gasteiger partial charge on any atom is -0.466 e. The number of esters is 1. The molecule has 1 amide bonds. The number of rotatable bonds is 50. The highest BCUT2D eigenvalue weighted by molar-refractivity contribution is 5.76. The number of unbranched alkanes of at least 4 members (excludes halogenated alkanes) is 35. The summed E-state index contributed by atoms with van der Waals surface area (Å²) in [7, 11) is 0. The lowest BCUT2D eigenvalue weighted by atomic mass is 10.0. The molecular weight excluding hydrogens is 755 g/mol. The zero-order valence-corrected chi connectivity index (χ0v) is 40.9. The summed E-state index contributed by atoms with van der Waals surface area (Å²) >= 11 is 0. The van der Waals surface area contributed by atoms with Crippen LogP contribution in [0.2, 0.25) is 0 Å². The van der Waals surface area contributed by atoms with Gasteiger partial charge in [0.25, 0.3) is 0 Å². The van der Waals surface area contributed by atoms with Crippen LogP contribution in [-0.2, 0) is 14.3 Å². The van der Waals surface area contributed by atoms with Crippen molar-refractivity contribution in [2.24, 2.45) is 0 Å². The molecule has 61 heavy (non-hydrogen) atoms. The van der Waals surface area contributed by atoms with Gasteiger partial charge in [-0.2, -0.15) is 0 Å². The zero-order chi connectivity index (χ0) is 44.4. The first-order chi connectivity index (χ1) is 30.0. The van der Waals surface area contributed by atoms with Crippen LogP contribution < -0.4 is 5.32 Å². The van der Waals surface area contributed by atoms with Crippen LogP contribution >= 0.6 is 0 Å². The second-order valence-corrected chi connectivity index (χ2v) is 18.6. The summed E-state index contributed by atoms with van der Waals surface area (Å²) in [6, 6.07) is -0.552. The molecule has 2 atom stereocenters. The number of carbonyl (C=O) groups excluding carboxylic acids is 2. The van der Waals surface area contributed by atoms with Gasteiger partial charge in [0.1, 0.15) is 0 Å². The highest BCUT2D eigenvalue weighted by atomic mass is 16.5. The molecule has 0 aliphatic carbocycles. The van der Waals surface area contributed by atoms with Crippen molar-refractivity contribution >= 4 is 11.9 Å². The fourth-order valence-corrected chi connectivity index (χ4v) is 8.32. The molecule has 0 saturated carbocycles. The molecule has 2 unspecified atom stereocenters. The molecule has 0 bridgehead atoms. The standard InChI is InChI=1S/C55H105NO5/c1-3-5-7-9-11-13-15-17-18-19-20-21-22-24-29-33-37-41-45-49-55(60)61-50-46-42-38-34-30-26-25-28-32-36-40-44-48-54(59)56-52(51-57)53(58)47-43-39-35-31-27-23-16-14-12-10-8-6-4-2/h11,13,17-18,52-53,57-58H,3-10,12,14-16,19-51H2,1-2H3,(H,56,59)/b13-11-,18-17-. The molecule has 0 fully saturated rings. The van der Waals surface area contributed by atoms with Crippen molar-refractivity contribution in [3.05, 3.63) is 24.3 Å². The topological polar surface area (TPSA) is 95.9 Å². The SMILES string of the molecule is CCCCC/C=C\C/C=C\CCCCCCCCCCCC(=O)OCCCCCCCCCCCCCCC(=O)NC(CO)C(O)CCCCCCCCCCCCCCC. The lowest BCUT2D eigenvalue weighted by Crippen LogP contribution is -2.45. The normalized spacial score (nSPS) is 12.8. The van der Waals surface area contributed by atoms with Crippen LogP contribution in [0.5, 0.6) is 0 Å². The van der Waals surface area contributed by atoms with Crippen molar-refractivity contribution in [1.82, 2.24) is 5.32 Å². The maximum atomic E-state index is 12.4. The van der Waals surface area contributed by atoms with Crippen LogP contribution in [-0.4, -0.2) is 47.4 Å². The number of aliphatic hydroxyl groups is 2. The summed E-state index contributed by atoms with van der Waals surface area (Å²) in [4.78, 5) is 24.5. The molecule has 0 radical (unpaired) electrons. The number of ether oxygens (including phenoxy) is 1. The molecule has 6 nitrogen and oxygen atoms in total. The van der Waals surface area contributed by atoms with Crippen LogP contribution in [0.25, 0.3) is 0 Å². The Morgan fingerprint density at radius 2 is 0.820 bits per heavy atom. The third kappa shape index (κ3) is 47.7. The van der Waals surface area contributed by atoms with E-state index in [1.807, 2.05) is 0 Å². The molecule has 6 heteroatoms. The van der Waals surface area contributed by atoms with Gasteiger partial charge in [-0.25, -0.2) is 0 Å². The van der Waals surface area contributed by atoms with Crippen molar-refractivity contribution in [1.29, 1.82) is 0 Å². The molecule has 360 valence electrons. The maximum absolute atomic E-state index is 12.4. The Hall–Kier alpha value is -1.66. The fraction of sp³-hybridized carbons (Fsp3) is 0.891. The van der Waals surface area contributed by atoms with Gasteiger partial charge in [0.2, 0.25) is 5.91 Å². The summed E-state index contributed by atoms with van der Waals surface area (Å²) in [5.74, 6) is -0.0635. The van der Waals surface area contributed by atoms with Crippen LogP contribution in [0.4, 0.5) is 0 Å². The van der Waals surface area contributed by atoms with E-state index >= 15 is 0 Å². The average molecular weight is 860 g/mol. The number of allylic oxidation sites excluding steroid dienone is 4. The summed E-state index contributed by atoms with van der Waals surface area (Å²) < 4.78 is 5.47. The summed E-state index contributed by atoms with van der Waals surface area (Å²) in [6.45, 7) is 4.89. The second kappa shape index (κ2) is 51.0. The predicted octanol–water partition coefficient (Wildman–Crippen LogP) is 16.3. The Labute approximate surface area is 380 Å². The molecule has 0 rings (SSSR count). The van der Waals surface area contributed by atoms with Crippen LogP contribution in [0.3, 0.4) is 0 Å². The van der Waals surface area contributed by atoms with Gasteiger partial charge in [-0.15, -0.1) is 0 Å². The van der Waals surface area contributed by atoms with E-state index in [1.54, 1.807) is 0 Å². The number of hydrogen-bond acceptors (Lipinski definition) is 5. The van der Waals surface area contributed by atoms with Crippen molar-refractivity contribution in [3.8, 4) is 0 Å². The Morgan fingerprint density at radius 3 is 1.28 bits per heavy atom. The highest BCUT2D eigenvalue weighted by Crippen LogP contribution is 2.17. The summed E-state index contributed by atoms with van der Waals surface area (Å²) in [6.07, 6.45) is 60.0. The van der Waals surface area contributed by atoms with Gasteiger partial charge in [0.15, 0.2) is 0 Å². The maximum Gasteiger partial charge on any atom is 0.305 e. The Balaban J connectivity index is 3.44. The van der Waals surface area contributed by atoms with E-state index in [4.69, 9.17) is 4.74 Å². The molecular formula is C55H105NO5. The molecule has 0 aromatic rings. The van der Waals surface area contributed by atoms with Gasteiger partial charge in [-0.1, -0.05) is 244 Å². The van der Waals surface area contributed by atoms with Crippen LogP contribution in [0.1, 0.15) is 290 Å². The van der Waals surface area contributed by atoms with Crippen molar-refractivity contribution in [3.63, 3.8) is 0 Å². The van der Waals surface area contributed by atoms with Crippen LogP contribution in [0, 0.1) is 0 Å². The number of carbonyl (C=O) groups is 2. The van der Waals surface area contributed by atoms with E-state index in [-0.39, 0.29) is 18.5 Å². The quantitative estimate of drug-likeness (QED) is 0.0322. The van der Waals surface area contributed by atoms with Gasteiger partial charge < -0.3 is 20.3 Å². The number of nitrogens with one attached hydrogen (secondary N) is 1.